The van der Waals surface area contributed by atoms with Gasteiger partial charge in [0, 0.05) is 26.2 Å². The minimum absolute atomic E-state index is 0.279. The van der Waals surface area contributed by atoms with Crippen molar-refractivity contribution in [2.75, 3.05) is 0 Å². The molecule has 0 amide bonds. The molecule has 7 nitrogen and oxygen atoms in total. The highest BCUT2D eigenvalue weighted by Gasteiger charge is 2.25. The SMILES string of the molecule is CC(CC1=Nc2c(c(=O)n(C)c(=O)n2C)C1)C(=O)O. The number of aliphatic imine (C=N–C) groups is 1. The molecule has 1 N–H and O–H groups in total. The van der Waals surface area contributed by atoms with Gasteiger partial charge in [-0.1, -0.05) is 6.92 Å². The van der Waals surface area contributed by atoms with Crippen molar-refractivity contribution in [2.24, 2.45) is 25.0 Å². The van der Waals surface area contributed by atoms with Crippen molar-refractivity contribution in [1.29, 1.82) is 0 Å². The molecule has 0 spiro atoms. The summed E-state index contributed by atoms with van der Waals surface area (Å²) in [5.74, 6) is -1.12. The first-order chi connectivity index (χ1) is 8.82. The zero-order valence-corrected chi connectivity index (χ0v) is 11.0. The molecular weight excluding hydrogens is 250 g/mol. The van der Waals surface area contributed by atoms with E-state index in [2.05, 4.69) is 4.99 Å². The predicted molar refractivity (Wildman–Crippen MR) is 69.1 cm³/mol. The number of carbonyl (C=O) groups is 1. The van der Waals surface area contributed by atoms with Crippen LogP contribution in [0.5, 0.6) is 0 Å². The number of carboxylic acid groups (broad SMARTS) is 1. The smallest absolute Gasteiger partial charge is 0.332 e. The molecule has 0 fully saturated rings. The first-order valence-electron chi connectivity index (χ1n) is 5.91. The van der Waals surface area contributed by atoms with Gasteiger partial charge in [0.25, 0.3) is 5.56 Å². The Labute approximate surface area is 108 Å². The van der Waals surface area contributed by atoms with Gasteiger partial charge in [0.2, 0.25) is 0 Å². The van der Waals surface area contributed by atoms with E-state index in [0.717, 1.165) is 4.57 Å². The van der Waals surface area contributed by atoms with Gasteiger partial charge in [-0.2, -0.15) is 0 Å². The van der Waals surface area contributed by atoms with Gasteiger partial charge in [-0.25, -0.2) is 9.79 Å². The highest BCUT2D eigenvalue weighted by Crippen LogP contribution is 2.24. The van der Waals surface area contributed by atoms with Gasteiger partial charge in [0.15, 0.2) is 0 Å². The summed E-state index contributed by atoms with van der Waals surface area (Å²) in [6.45, 7) is 1.59. The zero-order chi connectivity index (χ0) is 14.3. The van der Waals surface area contributed by atoms with Crippen molar-refractivity contribution in [2.45, 2.75) is 19.8 Å². The summed E-state index contributed by atoms with van der Waals surface area (Å²) >= 11 is 0. The summed E-state index contributed by atoms with van der Waals surface area (Å²) in [6, 6.07) is 0. The van der Waals surface area contributed by atoms with Crippen molar-refractivity contribution < 1.29 is 9.90 Å². The second kappa shape index (κ2) is 4.49. The van der Waals surface area contributed by atoms with Gasteiger partial charge >= 0.3 is 11.7 Å². The van der Waals surface area contributed by atoms with Crippen molar-refractivity contribution in [3.8, 4) is 0 Å². The molecule has 102 valence electrons. The van der Waals surface area contributed by atoms with Crippen LogP contribution in [0.1, 0.15) is 18.9 Å². The third kappa shape index (κ3) is 2.11. The van der Waals surface area contributed by atoms with Crippen LogP contribution < -0.4 is 11.2 Å². The molecule has 1 aromatic rings. The van der Waals surface area contributed by atoms with E-state index in [4.69, 9.17) is 5.11 Å². The maximum Gasteiger partial charge on any atom is 0.332 e. The lowest BCUT2D eigenvalue weighted by Gasteiger charge is -2.05. The van der Waals surface area contributed by atoms with Gasteiger partial charge in [-0.15, -0.1) is 0 Å². The molecule has 2 rings (SSSR count). The first-order valence-corrected chi connectivity index (χ1v) is 5.91. The maximum atomic E-state index is 12.0. The first kappa shape index (κ1) is 13.3. The zero-order valence-electron chi connectivity index (χ0n) is 11.0. The summed E-state index contributed by atoms with van der Waals surface area (Å²) < 4.78 is 2.35. The Balaban J connectivity index is 2.43. The second-order valence-electron chi connectivity index (χ2n) is 4.81. The molecule has 1 atom stereocenters. The fourth-order valence-corrected chi connectivity index (χ4v) is 2.15. The summed E-state index contributed by atoms with van der Waals surface area (Å²) in [4.78, 5) is 38.8. The molecule has 19 heavy (non-hydrogen) atoms. The normalized spacial score (nSPS) is 15.0. The van der Waals surface area contributed by atoms with E-state index in [1.54, 1.807) is 14.0 Å². The number of hydrogen-bond donors (Lipinski definition) is 1. The minimum Gasteiger partial charge on any atom is -0.481 e. The Morgan fingerprint density at radius 1 is 1.37 bits per heavy atom. The van der Waals surface area contributed by atoms with Gasteiger partial charge in [-0.3, -0.25) is 18.7 Å². The quantitative estimate of drug-likeness (QED) is 0.820. The number of fused-ring (bicyclic) bond motifs is 1. The third-order valence-corrected chi connectivity index (χ3v) is 3.33. The molecule has 1 aliphatic heterocycles. The van der Waals surface area contributed by atoms with Crippen LogP contribution in [-0.4, -0.2) is 25.9 Å². The van der Waals surface area contributed by atoms with Gasteiger partial charge in [-0.05, 0) is 6.42 Å². The van der Waals surface area contributed by atoms with E-state index >= 15 is 0 Å². The van der Waals surface area contributed by atoms with Crippen LogP contribution in [0.3, 0.4) is 0 Å². The van der Waals surface area contributed by atoms with Crippen molar-refractivity contribution >= 4 is 17.5 Å². The lowest BCUT2D eigenvalue weighted by molar-refractivity contribution is -0.140. The van der Waals surface area contributed by atoms with E-state index in [0.29, 0.717) is 23.5 Å². The Hall–Kier alpha value is -2.18. The summed E-state index contributed by atoms with van der Waals surface area (Å²) in [5, 5.41) is 8.88. The standard InChI is InChI=1S/C12H15N3O4/c1-6(11(17)18)4-7-5-8-9(13-7)14(2)12(19)15(3)10(8)16/h6H,4-5H2,1-3H3,(H,17,18). The van der Waals surface area contributed by atoms with Crippen LogP contribution in [-0.2, 0) is 25.3 Å². The van der Waals surface area contributed by atoms with E-state index in [1.165, 1.54) is 11.6 Å². The van der Waals surface area contributed by atoms with Crippen LogP contribution in [0, 0.1) is 5.92 Å². The fourth-order valence-electron chi connectivity index (χ4n) is 2.15. The maximum absolute atomic E-state index is 12.0. The molecule has 1 aliphatic rings. The summed E-state index contributed by atoms with van der Waals surface area (Å²) in [5.41, 5.74) is 0.292. The minimum atomic E-state index is -0.902. The van der Waals surface area contributed by atoms with Crippen LogP contribution in [0.4, 0.5) is 5.82 Å². The Kier molecular flexibility index (Phi) is 3.13. The highest BCUT2D eigenvalue weighted by atomic mass is 16.4. The number of carboxylic acids is 1. The van der Waals surface area contributed by atoms with Crippen molar-refractivity contribution in [1.82, 2.24) is 9.13 Å². The van der Waals surface area contributed by atoms with Crippen molar-refractivity contribution in [3.05, 3.63) is 26.4 Å². The molecule has 1 unspecified atom stereocenters. The molecule has 2 heterocycles. The van der Waals surface area contributed by atoms with Crippen LogP contribution in [0.25, 0.3) is 0 Å². The van der Waals surface area contributed by atoms with Crippen LogP contribution in [0.2, 0.25) is 0 Å². The lowest BCUT2D eigenvalue weighted by Crippen LogP contribution is -2.38. The molecule has 0 bridgehead atoms. The second-order valence-corrected chi connectivity index (χ2v) is 4.81. The Morgan fingerprint density at radius 3 is 2.58 bits per heavy atom. The Morgan fingerprint density at radius 2 is 2.00 bits per heavy atom. The van der Waals surface area contributed by atoms with E-state index in [9.17, 15) is 14.4 Å². The van der Waals surface area contributed by atoms with Crippen molar-refractivity contribution in [3.63, 3.8) is 0 Å². The van der Waals surface area contributed by atoms with E-state index in [1.807, 2.05) is 0 Å². The van der Waals surface area contributed by atoms with Gasteiger partial charge in [0.1, 0.15) is 5.82 Å². The lowest BCUT2D eigenvalue weighted by atomic mass is 10.0. The average molecular weight is 265 g/mol. The van der Waals surface area contributed by atoms with Crippen LogP contribution in [0.15, 0.2) is 14.6 Å². The Bertz CT molecular complexity index is 696. The highest BCUT2D eigenvalue weighted by molar-refractivity contribution is 5.95. The monoisotopic (exact) mass is 265 g/mol. The van der Waals surface area contributed by atoms with E-state index < -0.39 is 17.6 Å². The summed E-state index contributed by atoms with van der Waals surface area (Å²) in [7, 11) is 2.97. The number of rotatable bonds is 3. The molecular formula is C12H15N3O4. The largest absolute Gasteiger partial charge is 0.481 e. The topological polar surface area (TPSA) is 93.7 Å². The van der Waals surface area contributed by atoms with Gasteiger partial charge in [0.05, 0.1) is 11.5 Å². The molecule has 0 aliphatic carbocycles. The molecule has 0 saturated carbocycles. The summed E-state index contributed by atoms with van der Waals surface area (Å²) in [6.07, 6.45) is 0.592. The van der Waals surface area contributed by atoms with E-state index in [-0.39, 0.29) is 12.0 Å². The number of aliphatic carboxylic acids is 1. The number of hydrogen-bond acceptors (Lipinski definition) is 4. The predicted octanol–water partition coefficient (Wildman–Crippen LogP) is -0.177. The van der Waals surface area contributed by atoms with Gasteiger partial charge < -0.3 is 5.11 Å². The number of aromatic nitrogens is 2. The average Bonchev–Trinajstić information content (AvgIpc) is 2.77. The number of nitrogens with zero attached hydrogens (tertiary/aromatic N) is 3. The molecule has 0 saturated heterocycles. The third-order valence-electron chi connectivity index (χ3n) is 3.33. The molecule has 1 aromatic heterocycles. The van der Waals surface area contributed by atoms with Crippen LogP contribution >= 0.6 is 0 Å². The molecule has 0 radical (unpaired) electrons. The fraction of sp³-hybridized carbons (Fsp3) is 0.500. The molecule has 7 heteroatoms. The molecule has 0 aromatic carbocycles.